The molecule has 0 aliphatic heterocycles. The van der Waals surface area contributed by atoms with Gasteiger partial charge in [-0.25, -0.2) is 0 Å². The summed E-state index contributed by atoms with van der Waals surface area (Å²) in [5.41, 5.74) is 0. The van der Waals surface area contributed by atoms with Crippen molar-refractivity contribution in [1.29, 1.82) is 0 Å². The SMILES string of the molecule is CCCCCCCCCCCCCC(=O)NCCCCCCCC. The maximum Gasteiger partial charge on any atom is 0.219 e. The van der Waals surface area contributed by atoms with Crippen molar-refractivity contribution in [3.8, 4) is 0 Å². The molecule has 0 spiro atoms. The molecule has 0 aromatic rings. The molecule has 144 valence electrons. The Bertz CT molecular complexity index is 252. The van der Waals surface area contributed by atoms with Gasteiger partial charge in [0.15, 0.2) is 0 Å². The van der Waals surface area contributed by atoms with Gasteiger partial charge in [0.25, 0.3) is 0 Å². The van der Waals surface area contributed by atoms with Gasteiger partial charge < -0.3 is 5.32 Å². The summed E-state index contributed by atoms with van der Waals surface area (Å²) in [6.45, 7) is 5.40. The van der Waals surface area contributed by atoms with Crippen molar-refractivity contribution in [3.63, 3.8) is 0 Å². The summed E-state index contributed by atoms with van der Waals surface area (Å²) in [4.78, 5) is 11.7. The van der Waals surface area contributed by atoms with Crippen molar-refractivity contribution >= 4 is 5.91 Å². The summed E-state index contributed by atoms with van der Waals surface area (Å²) in [5.74, 6) is 0.263. The monoisotopic (exact) mass is 339 g/mol. The predicted octanol–water partition coefficient (Wildman–Crippen LogP) is 7.16. The van der Waals surface area contributed by atoms with E-state index in [9.17, 15) is 4.79 Å². The normalized spacial score (nSPS) is 10.9. The lowest BCUT2D eigenvalue weighted by molar-refractivity contribution is -0.121. The van der Waals surface area contributed by atoms with Gasteiger partial charge in [-0.3, -0.25) is 4.79 Å². The minimum atomic E-state index is 0.263. The van der Waals surface area contributed by atoms with Gasteiger partial charge in [0.2, 0.25) is 5.91 Å². The first-order valence-electron chi connectivity index (χ1n) is 11.1. The van der Waals surface area contributed by atoms with Crippen molar-refractivity contribution in [1.82, 2.24) is 5.32 Å². The Hall–Kier alpha value is -0.530. The molecule has 0 heterocycles. The van der Waals surface area contributed by atoms with Gasteiger partial charge in [-0.15, -0.1) is 0 Å². The fraction of sp³-hybridized carbons (Fsp3) is 0.955. The van der Waals surface area contributed by atoms with E-state index in [-0.39, 0.29) is 5.91 Å². The highest BCUT2D eigenvalue weighted by molar-refractivity contribution is 5.75. The topological polar surface area (TPSA) is 29.1 Å². The van der Waals surface area contributed by atoms with Gasteiger partial charge in [0.05, 0.1) is 0 Å². The molecule has 0 aromatic heterocycles. The summed E-state index contributed by atoms with van der Waals surface area (Å²) < 4.78 is 0. The van der Waals surface area contributed by atoms with Crippen molar-refractivity contribution < 1.29 is 4.79 Å². The van der Waals surface area contributed by atoms with E-state index in [1.54, 1.807) is 0 Å². The van der Waals surface area contributed by atoms with Gasteiger partial charge in [-0.05, 0) is 12.8 Å². The molecule has 0 saturated heterocycles. The molecule has 0 atom stereocenters. The van der Waals surface area contributed by atoms with Crippen LogP contribution < -0.4 is 5.32 Å². The van der Waals surface area contributed by atoms with Crippen LogP contribution in [0.1, 0.15) is 129 Å². The smallest absolute Gasteiger partial charge is 0.219 e. The van der Waals surface area contributed by atoms with E-state index in [1.165, 1.54) is 96.3 Å². The molecule has 0 saturated carbocycles. The Morgan fingerprint density at radius 2 is 0.917 bits per heavy atom. The van der Waals surface area contributed by atoms with Crippen LogP contribution in [0.4, 0.5) is 0 Å². The summed E-state index contributed by atoms with van der Waals surface area (Å²) in [6.07, 6.45) is 23.2. The van der Waals surface area contributed by atoms with Crippen molar-refractivity contribution in [2.75, 3.05) is 6.54 Å². The molecule has 0 aliphatic carbocycles. The van der Waals surface area contributed by atoms with Crippen molar-refractivity contribution in [3.05, 3.63) is 0 Å². The van der Waals surface area contributed by atoms with Gasteiger partial charge in [-0.1, -0.05) is 110 Å². The second-order valence-corrected chi connectivity index (χ2v) is 7.40. The van der Waals surface area contributed by atoms with Crippen molar-refractivity contribution in [2.45, 2.75) is 129 Å². The van der Waals surface area contributed by atoms with Crippen LogP contribution in [0.5, 0.6) is 0 Å². The molecule has 0 radical (unpaired) electrons. The zero-order valence-electron chi connectivity index (χ0n) is 16.8. The third-order valence-corrected chi connectivity index (χ3v) is 4.86. The highest BCUT2D eigenvalue weighted by Gasteiger charge is 2.00. The fourth-order valence-corrected chi connectivity index (χ4v) is 3.17. The first-order chi connectivity index (χ1) is 11.8. The van der Waals surface area contributed by atoms with E-state index in [2.05, 4.69) is 19.2 Å². The Kier molecular flexibility index (Phi) is 20.1. The lowest BCUT2D eigenvalue weighted by Gasteiger charge is -2.05. The van der Waals surface area contributed by atoms with Gasteiger partial charge >= 0.3 is 0 Å². The predicted molar refractivity (Wildman–Crippen MR) is 107 cm³/mol. The maximum atomic E-state index is 11.7. The molecule has 0 rings (SSSR count). The molecule has 0 unspecified atom stereocenters. The number of hydrogen-bond acceptors (Lipinski definition) is 1. The average molecular weight is 340 g/mol. The van der Waals surface area contributed by atoms with Gasteiger partial charge in [0, 0.05) is 13.0 Å². The summed E-state index contributed by atoms with van der Waals surface area (Å²) >= 11 is 0. The fourth-order valence-electron chi connectivity index (χ4n) is 3.17. The van der Waals surface area contributed by atoms with Crippen LogP contribution in [-0.2, 0) is 4.79 Å². The number of nitrogens with one attached hydrogen (secondary N) is 1. The number of rotatable bonds is 19. The zero-order valence-corrected chi connectivity index (χ0v) is 16.8. The van der Waals surface area contributed by atoms with Crippen LogP contribution in [0.15, 0.2) is 0 Å². The Morgan fingerprint density at radius 3 is 1.38 bits per heavy atom. The van der Waals surface area contributed by atoms with Crippen LogP contribution >= 0.6 is 0 Å². The summed E-state index contributed by atoms with van der Waals surface area (Å²) in [7, 11) is 0. The molecule has 24 heavy (non-hydrogen) atoms. The third-order valence-electron chi connectivity index (χ3n) is 4.86. The van der Waals surface area contributed by atoms with E-state index >= 15 is 0 Å². The van der Waals surface area contributed by atoms with E-state index < -0.39 is 0 Å². The average Bonchev–Trinajstić information content (AvgIpc) is 2.59. The Morgan fingerprint density at radius 1 is 0.542 bits per heavy atom. The molecule has 2 heteroatoms. The van der Waals surface area contributed by atoms with Crippen LogP contribution in [0.2, 0.25) is 0 Å². The largest absolute Gasteiger partial charge is 0.356 e. The van der Waals surface area contributed by atoms with Crippen LogP contribution in [0.3, 0.4) is 0 Å². The third kappa shape index (κ3) is 19.5. The minimum Gasteiger partial charge on any atom is -0.356 e. The van der Waals surface area contributed by atoms with E-state index in [4.69, 9.17) is 0 Å². The van der Waals surface area contributed by atoms with Gasteiger partial charge in [0.1, 0.15) is 0 Å². The second kappa shape index (κ2) is 20.5. The molecule has 0 bridgehead atoms. The number of hydrogen-bond donors (Lipinski definition) is 1. The molecular weight excluding hydrogens is 294 g/mol. The van der Waals surface area contributed by atoms with Crippen LogP contribution in [0, 0.1) is 0 Å². The van der Waals surface area contributed by atoms with Gasteiger partial charge in [-0.2, -0.15) is 0 Å². The Labute approximate surface area is 152 Å². The van der Waals surface area contributed by atoms with E-state index in [0.29, 0.717) is 0 Å². The zero-order chi connectivity index (χ0) is 17.7. The molecule has 1 amide bonds. The summed E-state index contributed by atoms with van der Waals surface area (Å²) in [5, 5.41) is 3.07. The number of carbonyl (C=O) groups is 1. The summed E-state index contributed by atoms with van der Waals surface area (Å²) in [6, 6.07) is 0. The molecule has 0 aliphatic rings. The standard InChI is InChI=1S/C22H45NO/c1-3-5-7-9-11-12-13-14-15-16-18-20-22(24)23-21-19-17-10-8-6-4-2/h3-21H2,1-2H3,(H,23,24). The lowest BCUT2D eigenvalue weighted by Crippen LogP contribution is -2.23. The second-order valence-electron chi connectivity index (χ2n) is 7.40. The van der Waals surface area contributed by atoms with E-state index in [1.807, 2.05) is 0 Å². The molecular formula is C22H45NO. The molecule has 0 fully saturated rings. The minimum absolute atomic E-state index is 0.263. The number of amides is 1. The van der Waals surface area contributed by atoms with E-state index in [0.717, 1.165) is 25.8 Å². The first-order valence-corrected chi connectivity index (χ1v) is 11.1. The molecule has 1 N–H and O–H groups in total. The Balaban J connectivity index is 3.12. The molecule has 0 aromatic carbocycles. The quantitative estimate of drug-likeness (QED) is 0.248. The highest BCUT2D eigenvalue weighted by Crippen LogP contribution is 2.12. The maximum absolute atomic E-state index is 11.7. The molecule has 2 nitrogen and oxygen atoms in total. The first kappa shape index (κ1) is 23.5. The van der Waals surface area contributed by atoms with Crippen LogP contribution in [0.25, 0.3) is 0 Å². The number of carbonyl (C=O) groups excluding carboxylic acids is 1. The highest BCUT2D eigenvalue weighted by atomic mass is 16.1. The van der Waals surface area contributed by atoms with Crippen LogP contribution in [-0.4, -0.2) is 12.5 Å². The van der Waals surface area contributed by atoms with Crippen molar-refractivity contribution in [2.24, 2.45) is 0 Å². The lowest BCUT2D eigenvalue weighted by atomic mass is 10.1. The number of unbranched alkanes of at least 4 members (excludes halogenated alkanes) is 15.